The second-order valence-electron chi connectivity index (χ2n) is 7.43. The van der Waals surface area contributed by atoms with Gasteiger partial charge in [0.25, 0.3) is 5.91 Å². The van der Waals surface area contributed by atoms with Gasteiger partial charge in [-0.2, -0.15) is 0 Å². The average molecular weight is 489 g/mol. The molecule has 2 N–H and O–H groups in total. The Morgan fingerprint density at radius 2 is 1.94 bits per heavy atom. The molecule has 33 heavy (non-hydrogen) atoms. The summed E-state index contributed by atoms with van der Waals surface area (Å²) >= 11 is 12.1. The number of amides is 1. The van der Waals surface area contributed by atoms with Crippen LogP contribution >= 0.6 is 23.2 Å². The molecule has 1 aliphatic rings. The summed E-state index contributed by atoms with van der Waals surface area (Å²) in [6.45, 7) is 2.15. The third-order valence-corrected chi connectivity index (χ3v) is 5.52. The smallest absolute Gasteiger partial charge is 0.263 e. The molecule has 1 saturated heterocycles. The Hall–Kier alpha value is -3.01. The Morgan fingerprint density at radius 1 is 1.09 bits per heavy atom. The van der Waals surface area contributed by atoms with Gasteiger partial charge in [-0.1, -0.05) is 23.2 Å². The van der Waals surface area contributed by atoms with Crippen molar-refractivity contribution in [3.8, 4) is 17.1 Å². The second kappa shape index (κ2) is 11.2. The van der Waals surface area contributed by atoms with Crippen molar-refractivity contribution < 1.29 is 14.3 Å². The highest BCUT2D eigenvalue weighted by Crippen LogP contribution is 2.28. The molecule has 0 saturated carbocycles. The Balaban J connectivity index is 1.39. The highest BCUT2D eigenvalue weighted by molar-refractivity contribution is 6.33. The predicted octanol–water partition coefficient (Wildman–Crippen LogP) is 4.10. The molecule has 1 aliphatic heterocycles. The lowest BCUT2D eigenvalue weighted by Gasteiger charge is -2.22. The molecule has 4 heterocycles. The van der Waals surface area contributed by atoms with Crippen molar-refractivity contribution in [2.45, 2.75) is 12.8 Å². The van der Waals surface area contributed by atoms with Gasteiger partial charge in [0.05, 0.1) is 28.1 Å². The number of halogens is 2. The maximum Gasteiger partial charge on any atom is 0.263 e. The summed E-state index contributed by atoms with van der Waals surface area (Å²) in [7, 11) is 0. The number of hydrogen-bond donors (Lipinski definition) is 2. The number of rotatable bonds is 8. The molecule has 0 unspecified atom stereocenters. The van der Waals surface area contributed by atoms with E-state index in [1.54, 1.807) is 30.6 Å². The topological polar surface area (TPSA) is 111 Å². The molecule has 0 aromatic carbocycles. The lowest BCUT2D eigenvalue weighted by Crippen LogP contribution is -2.23. The van der Waals surface area contributed by atoms with Crippen LogP contribution in [0.25, 0.3) is 11.3 Å². The first-order valence-corrected chi connectivity index (χ1v) is 11.2. The molecule has 0 aliphatic carbocycles. The van der Waals surface area contributed by atoms with Gasteiger partial charge < -0.3 is 20.1 Å². The number of ether oxygens (including phenoxy) is 2. The van der Waals surface area contributed by atoms with E-state index in [1.165, 1.54) is 12.4 Å². The minimum Gasteiger partial charge on any atom is -0.468 e. The van der Waals surface area contributed by atoms with Crippen LogP contribution in [-0.2, 0) is 9.53 Å². The molecule has 0 bridgehead atoms. The van der Waals surface area contributed by atoms with E-state index >= 15 is 0 Å². The Labute approximate surface area is 200 Å². The number of anilines is 2. The number of nitrogens with one attached hydrogen (secondary N) is 2. The minimum atomic E-state index is -0.398. The van der Waals surface area contributed by atoms with E-state index < -0.39 is 5.91 Å². The highest BCUT2D eigenvalue weighted by atomic mass is 35.5. The largest absolute Gasteiger partial charge is 0.468 e. The molecule has 1 fully saturated rings. The summed E-state index contributed by atoms with van der Waals surface area (Å²) in [6, 6.07) is 4.85. The number of carbonyl (C=O) groups excluding carboxylic acids is 1. The van der Waals surface area contributed by atoms with Crippen LogP contribution < -0.4 is 15.4 Å². The number of nitrogens with zero attached hydrogens (tertiary/aromatic N) is 4. The van der Waals surface area contributed by atoms with Crippen molar-refractivity contribution in [3.05, 3.63) is 53.0 Å². The van der Waals surface area contributed by atoms with Gasteiger partial charge in [0.15, 0.2) is 6.61 Å². The van der Waals surface area contributed by atoms with Gasteiger partial charge >= 0.3 is 0 Å². The zero-order chi connectivity index (χ0) is 23.0. The molecule has 0 spiro atoms. The average Bonchev–Trinajstić information content (AvgIpc) is 2.84. The van der Waals surface area contributed by atoms with Crippen LogP contribution in [-0.4, -0.2) is 52.2 Å². The van der Waals surface area contributed by atoms with Crippen LogP contribution in [0.1, 0.15) is 12.8 Å². The fourth-order valence-corrected chi connectivity index (χ4v) is 3.56. The lowest BCUT2D eigenvalue weighted by atomic mass is 10.0. The van der Waals surface area contributed by atoms with E-state index in [0.717, 1.165) is 32.6 Å². The first kappa shape index (κ1) is 23.2. The van der Waals surface area contributed by atoms with Gasteiger partial charge in [0.2, 0.25) is 5.88 Å². The number of pyridine rings is 2. The first-order valence-electron chi connectivity index (χ1n) is 10.4. The van der Waals surface area contributed by atoms with Crippen LogP contribution in [0.2, 0.25) is 10.0 Å². The molecule has 9 nitrogen and oxygen atoms in total. The number of aromatic nitrogens is 4. The number of carbonyl (C=O) groups is 1. The summed E-state index contributed by atoms with van der Waals surface area (Å²) in [4.78, 5) is 29.3. The van der Waals surface area contributed by atoms with Gasteiger partial charge in [0.1, 0.15) is 11.6 Å². The van der Waals surface area contributed by atoms with E-state index in [4.69, 9.17) is 32.7 Å². The molecule has 11 heteroatoms. The van der Waals surface area contributed by atoms with E-state index in [-0.39, 0.29) is 6.61 Å². The molecule has 3 aromatic rings. The van der Waals surface area contributed by atoms with E-state index in [2.05, 4.69) is 30.6 Å². The van der Waals surface area contributed by atoms with Crippen LogP contribution in [0.4, 0.5) is 11.6 Å². The molecule has 3 aromatic heterocycles. The third-order valence-electron chi connectivity index (χ3n) is 5.00. The van der Waals surface area contributed by atoms with E-state index in [1.807, 2.05) is 0 Å². The Morgan fingerprint density at radius 3 is 2.73 bits per heavy atom. The van der Waals surface area contributed by atoms with Gasteiger partial charge in [-0.05, 0) is 30.9 Å². The van der Waals surface area contributed by atoms with Crippen molar-refractivity contribution in [3.63, 3.8) is 0 Å². The number of hydrogen-bond acceptors (Lipinski definition) is 8. The van der Waals surface area contributed by atoms with Crippen molar-refractivity contribution in [2.75, 3.05) is 37.0 Å². The van der Waals surface area contributed by atoms with Crippen LogP contribution in [0.15, 0.2) is 43.0 Å². The summed E-state index contributed by atoms with van der Waals surface area (Å²) in [5.74, 6) is 1.40. The molecule has 1 amide bonds. The van der Waals surface area contributed by atoms with Crippen molar-refractivity contribution in [1.82, 2.24) is 19.9 Å². The van der Waals surface area contributed by atoms with E-state index in [0.29, 0.717) is 44.7 Å². The van der Waals surface area contributed by atoms with Crippen LogP contribution in [0.3, 0.4) is 0 Å². The standard InChI is InChI=1S/C22H22Cl2N6O3/c23-15-1-2-22(28-9-15)33-13-21(31)30-19-7-16(17(24)10-27-19)18-11-25-12-20(29-18)26-8-14-3-5-32-6-4-14/h1-2,7,9-12,14H,3-6,8,13H2,(H,26,29)(H,27,30,31). The SMILES string of the molecule is O=C(COc1ccc(Cl)cn1)Nc1cc(-c2cncc(NCC3CCOCC3)n2)c(Cl)cn1. The van der Waals surface area contributed by atoms with E-state index in [9.17, 15) is 4.79 Å². The summed E-state index contributed by atoms with van der Waals surface area (Å²) in [6.07, 6.45) is 8.23. The minimum absolute atomic E-state index is 0.236. The quantitative estimate of drug-likeness (QED) is 0.487. The molecule has 4 rings (SSSR count). The summed E-state index contributed by atoms with van der Waals surface area (Å²) in [5.41, 5.74) is 1.17. The summed E-state index contributed by atoms with van der Waals surface area (Å²) in [5, 5.41) is 6.89. The molecule has 0 atom stereocenters. The maximum absolute atomic E-state index is 12.3. The zero-order valence-corrected chi connectivity index (χ0v) is 19.1. The highest BCUT2D eigenvalue weighted by Gasteiger charge is 2.15. The fourth-order valence-electron chi connectivity index (χ4n) is 3.25. The monoisotopic (exact) mass is 488 g/mol. The van der Waals surface area contributed by atoms with Gasteiger partial charge in [-0.15, -0.1) is 0 Å². The van der Waals surface area contributed by atoms with Crippen LogP contribution in [0.5, 0.6) is 5.88 Å². The predicted molar refractivity (Wildman–Crippen MR) is 126 cm³/mol. The van der Waals surface area contributed by atoms with Crippen molar-refractivity contribution >= 4 is 40.7 Å². The molecule has 0 radical (unpaired) electrons. The van der Waals surface area contributed by atoms with Gasteiger partial charge in [-0.25, -0.2) is 15.0 Å². The maximum atomic E-state index is 12.3. The fraction of sp³-hybridized carbons (Fsp3) is 0.318. The zero-order valence-electron chi connectivity index (χ0n) is 17.6. The Kier molecular flexibility index (Phi) is 7.87. The van der Waals surface area contributed by atoms with Crippen LogP contribution in [0, 0.1) is 5.92 Å². The van der Waals surface area contributed by atoms with Gasteiger partial charge in [0, 0.05) is 43.8 Å². The van der Waals surface area contributed by atoms with Gasteiger partial charge in [-0.3, -0.25) is 9.78 Å². The lowest BCUT2D eigenvalue weighted by molar-refractivity contribution is -0.118. The molecular weight excluding hydrogens is 467 g/mol. The molecular formula is C22H22Cl2N6O3. The first-order chi connectivity index (χ1) is 16.1. The third kappa shape index (κ3) is 6.74. The Bertz CT molecular complexity index is 1090. The normalized spacial score (nSPS) is 14.0. The second-order valence-corrected chi connectivity index (χ2v) is 8.27. The summed E-state index contributed by atoms with van der Waals surface area (Å²) < 4.78 is 10.8. The molecule has 172 valence electrons. The van der Waals surface area contributed by atoms with Crippen molar-refractivity contribution in [1.29, 1.82) is 0 Å². The van der Waals surface area contributed by atoms with Crippen molar-refractivity contribution in [2.24, 2.45) is 5.92 Å².